The van der Waals surface area contributed by atoms with Crippen LogP contribution in [0, 0.1) is 0 Å². The van der Waals surface area contributed by atoms with Crippen LogP contribution in [0.1, 0.15) is 0 Å². The minimum Gasteiger partial charge on any atom is -0.399 e. The number of nitrogens with two attached hydrogens (primary N) is 1. The first-order valence-electron chi connectivity index (χ1n) is 5.18. The van der Waals surface area contributed by atoms with Gasteiger partial charge in [-0.1, -0.05) is 0 Å². The fourth-order valence-electron chi connectivity index (χ4n) is 1.56. The molecule has 2 heterocycles. The van der Waals surface area contributed by atoms with E-state index in [9.17, 15) is 4.79 Å². The number of nitrogen functional groups attached to an aromatic ring is 1. The van der Waals surface area contributed by atoms with Crippen LogP contribution in [0.25, 0.3) is 11.0 Å². The summed E-state index contributed by atoms with van der Waals surface area (Å²) in [4.78, 5) is 25.2. The molecule has 0 unspecified atom stereocenters. The molecule has 6 nitrogen and oxygen atoms in total. The molecular weight excluding hydrogens is 250 g/mol. The van der Waals surface area contributed by atoms with Crippen molar-refractivity contribution >= 4 is 28.5 Å². The number of benzene rings is 1. The summed E-state index contributed by atoms with van der Waals surface area (Å²) in [7, 11) is 0. The van der Waals surface area contributed by atoms with Gasteiger partial charge in [0.2, 0.25) is 0 Å². The van der Waals surface area contributed by atoms with Gasteiger partial charge in [0.05, 0.1) is 17.4 Å². The van der Waals surface area contributed by atoms with Gasteiger partial charge in [-0.05, 0) is 30.0 Å². The fraction of sp³-hybridized carbons (Fsp3) is 0. The summed E-state index contributed by atoms with van der Waals surface area (Å²) in [6.45, 7) is 0. The van der Waals surface area contributed by atoms with Crippen LogP contribution in [0.3, 0.4) is 0 Å². The predicted octanol–water partition coefficient (Wildman–Crippen LogP) is 1.38. The first kappa shape index (κ1) is 10.8. The molecule has 3 rings (SSSR count). The van der Waals surface area contributed by atoms with Crippen molar-refractivity contribution in [2.24, 2.45) is 0 Å². The number of nitrogens with zero attached hydrogens (tertiary/aromatic N) is 2. The summed E-state index contributed by atoms with van der Waals surface area (Å²) in [6, 6.07) is 6.88. The van der Waals surface area contributed by atoms with Gasteiger partial charge in [0, 0.05) is 11.8 Å². The summed E-state index contributed by atoms with van der Waals surface area (Å²) in [5, 5.41) is 1.26. The molecule has 7 heteroatoms. The zero-order chi connectivity index (χ0) is 12.5. The van der Waals surface area contributed by atoms with Crippen LogP contribution in [-0.4, -0.2) is 19.9 Å². The predicted molar refractivity (Wildman–Crippen MR) is 69.5 cm³/mol. The number of imidazole rings is 1. The molecule has 0 radical (unpaired) electrons. The number of H-pyrrole nitrogens is 2. The summed E-state index contributed by atoms with van der Waals surface area (Å²) in [5.41, 5.74) is 7.88. The molecule has 3 aromatic rings. The van der Waals surface area contributed by atoms with Gasteiger partial charge in [0.1, 0.15) is 5.03 Å². The van der Waals surface area contributed by atoms with Crippen LogP contribution in [0.4, 0.5) is 5.69 Å². The highest BCUT2D eigenvalue weighted by Gasteiger charge is 2.06. The van der Waals surface area contributed by atoms with E-state index >= 15 is 0 Å². The molecular formula is C11H9N5OS. The lowest BCUT2D eigenvalue weighted by Crippen LogP contribution is -2.03. The highest BCUT2D eigenvalue weighted by atomic mass is 32.2. The summed E-state index contributed by atoms with van der Waals surface area (Å²) in [5.74, 6) is 0. The molecule has 0 aliphatic carbocycles. The molecule has 90 valence electrons. The van der Waals surface area contributed by atoms with E-state index in [1.54, 1.807) is 6.07 Å². The average Bonchev–Trinajstić information content (AvgIpc) is 2.70. The third-order valence-corrected chi connectivity index (χ3v) is 3.16. The Bertz CT molecular complexity index is 763. The average molecular weight is 259 g/mol. The second-order valence-electron chi connectivity index (χ2n) is 3.67. The van der Waals surface area contributed by atoms with Gasteiger partial charge < -0.3 is 15.7 Å². The molecule has 0 fully saturated rings. The van der Waals surface area contributed by atoms with Gasteiger partial charge in [0.15, 0.2) is 5.16 Å². The maximum Gasteiger partial charge on any atom is 0.251 e. The summed E-state index contributed by atoms with van der Waals surface area (Å²) < 4.78 is 0. The summed E-state index contributed by atoms with van der Waals surface area (Å²) in [6.07, 6.45) is 1.37. The molecule has 1 aromatic carbocycles. The maximum absolute atomic E-state index is 11.1. The van der Waals surface area contributed by atoms with Crippen molar-refractivity contribution in [3.63, 3.8) is 0 Å². The molecule has 0 saturated carbocycles. The zero-order valence-electron chi connectivity index (χ0n) is 9.18. The summed E-state index contributed by atoms with van der Waals surface area (Å²) >= 11 is 1.29. The number of hydrogen-bond donors (Lipinski definition) is 3. The minimum atomic E-state index is -0.187. The smallest absolute Gasteiger partial charge is 0.251 e. The number of aromatic amines is 2. The molecule has 0 amide bonds. The van der Waals surface area contributed by atoms with E-state index in [1.165, 1.54) is 24.2 Å². The molecule has 0 bridgehead atoms. The van der Waals surface area contributed by atoms with Crippen LogP contribution in [-0.2, 0) is 0 Å². The second kappa shape index (κ2) is 4.19. The lowest BCUT2D eigenvalue weighted by atomic mass is 10.3. The molecule has 0 spiro atoms. The van der Waals surface area contributed by atoms with Crippen molar-refractivity contribution in [3.05, 3.63) is 40.9 Å². The zero-order valence-corrected chi connectivity index (χ0v) is 9.99. The fourth-order valence-corrected chi connectivity index (χ4v) is 2.33. The molecule has 18 heavy (non-hydrogen) atoms. The van der Waals surface area contributed by atoms with E-state index in [4.69, 9.17) is 5.73 Å². The Hall–Kier alpha value is -2.28. The third kappa shape index (κ3) is 2.07. The molecule has 4 N–H and O–H groups in total. The topological polar surface area (TPSA) is 100 Å². The van der Waals surface area contributed by atoms with Gasteiger partial charge in [0.25, 0.3) is 5.56 Å². The monoisotopic (exact) mass is 259 g/mol. The molecule has 0 atom stereocenters. The lowest BCUT2D eigenvalue weighted by Gasteiger charge is -1.94. The van der Waals surface area contributed by atoms with Crippen LogP contribution in [0.5, 0.6) is 0 Å². The Morgan fingerprint density at radius 3 is 3.00 bits per heavy atom. The van der Waals surface area contributed by atoms with Crippen molar-refractivity contribution in [1.29, 1.82) is 0 Å². The first-order valence-corrected chi connectivity index (χ1v) is 6.00. The van der Waals surface area contributed by atoms with E-state index in [1.807, 2.05) is 12.1 Å². The largest absolute Gasteiger partial charge is 0.399 e. The van der Waals surface area contributed by atoms with Crippen molar-refractivity contribution in [2.75, 3.05) is 5.73 Å². The van der Waals surface area contributed by atoms with E-state index < -0.39 is 0 Å². The van der Waals surface area contributed by atoms with Gasteiger partial charge in [-0.15, -0.1) is 0 Å². The standard InChI is InChI=1S/C11H9N5OS/c12-6-1-2-7-8(3-6)16-11(15-7)18-10-4-9(17)13-5-14-10/h1-5H,12H2,(H,15,16)(H,13,14,17). The highest BCUT2D eigenvalue weighted by molar-refractivity contribution is 7.99. The minimum absolute atomic E-state index is 0.187. The van der Waals surface area contributed by atoms with Crippen LogP contribution in [0.15, 0.2) is 45.6 Å². The van der Waals surface area contributed by atoms with Crippen molar-refractivity contribution in [1.82, 2.24) is 19.9 Å². The molecule has 0 saturated heterocycles. The number of nitrogens with one attached hydrogen (secondary N) is 2. The Morgan fingerprint density at radius 2 is 2.17 bits per heavy atom. The van der Waals surface area contributed by atoms with Gasteiger partial charge in [-0.3, -0.25) is 4.79 Å². The van der Waals surface area contributed by atoms with Crippen molar-refractivity contribution in [3.8, 4) is 0 Å². The number of aromatic nitrogens is 4. The normalized spacial score (nSPS) is 10.9. The first-order chi connectivity index (χ1) is 8.70. The van der Waals surface area contributed by atoms with Crippen LogP contribution in [0.2, 0.25) is 0 Å². The quantitative estimate of drug-likeness (QED) is 0.477. The number of rotatable bonds is 2. The molecule has 0 aliphatic rings. The Labute approximate surface area is 106 Å². The van der Waals surface area contributed by atoms with E-state index in [0.717, 1.165) is 11.0 Å². The number of fused-ring (bicyclic) bond motifs is 1. The number of hydrogen-bond acceptors (Lipinski definition) is 5. The third-order valence-electron chi connectivity index (χ3n) is 2.34. The van der Waals surface area contributed by atoms with Gasteiger partial charge >= 0.3 is 0 Å². The van der Waals surface area contributed by atoms with Crippen LogP contribution >= 0.6 is 11.8 Å². The second-order valence-corrected chi connectivity index (χ2v) is 4.68. The maximum atomic E-state index is 11.1. The number of anilines is 1. The lowest BCUT2D eigenvalue weighted by molar-refractivity contribution is 0.999. The highest BCUT2D eigenvalue weighted by Crippen LogP contribution is 2.25. The van der Waals surface area contributed by atoms with E-state index in [2.05, 4.69) is 19.9 Å². The van der Waals surface area contributed by atoms with E-state index in [0.29, 0.717) is 15.9 Å². The SMILES string of the molecule is Nc1ccc2nc(Sc3cc(=O)[nH]cn3)[nH]c2c1. The van der Waals surface area contributed by atoms with Gasteiger partial charge in [-0.25, -0.2) is 9.97 Å². The molecule has 2 aromatic heterocycles. The Balaban J connectivity index is 1.98. The van der Waals surface area contributed by atoms with Crippen LogP contribution < -0.4 is 11.3 Å². The van der Waals surface area contributed by atoms with Gasteiger partial charge in [-0.2, -0.15) is 0 Å². The van der Waals surface area contributed by atoms with E-state index in [-0.39, 0.29) is 5.56 Å². The van der Waals surface area contributed by atoms with Crippen molar-refractivity contribution < 1.29 is 0 Å². The Morgan fingerprint density at radius 1 is 1.28 bits per heavy atom. The molecule has 0 aliphatic heterocycles. The Kier molecular flexibility index (Phi) is 2.52. The van der Waals surface area contributed by atoms with Crippen molar-refractivity contribution in [2.45, 2.75) is 10.2 Å².